The summed E-state index contributed by atoms with van der Waals surface area (Å²) in [4.78, 5) is 1.56. The molecule has 2 aliphatic heterocycles. The molecule has 8 heteroatoms. The van der Waals surface area contributed by atoms with Crippen LogP contribution in [0.25, 0.3) is 5.69 Å². The van der Waals surface area contributed by atoms with Gasteiger partial charge in [-0.15, -0.1) is 22.0 Å². The Labute approximate surface area is 175 Å². The predicted octanol–water partition coefficient (Wildman–Crippen LogP) is 3.75. The van der Waals surface area contributed by atoms with Gasteiger partial charge < -0.3 is 0 Å². The van der Waals surface area contributed by atoms with Gasteiger partial charge in [0.2, 0.25) is 10.0 Å². The zero-order valence-corrected chi connectivity index (χ0v) is 17.8. The molecule has 0 spiro atoms. The fraction of sp³-hybridized carbons (Fsp3) is 0.333. The van der Waals surface area contributed by atoms with Gasteiger partial charge in [0.15, 0.2) is 0 Å². The molecule has 1 fully saturated rings. The molecular formula is C21H22N4O2S2. The fourth-order valence-corrected chi connectivity index (χ4v) is 6.56. The molecule has 0 saturated carbocycles. The Morgan fingerprint density at radius 1 is 1.07 bits per heavy atom. The van der Waals surface area contributed by atoms with Gasteiger partial charge in [-0.1, -0.05) is 29.8 Å². The minimum absolute atomic E-state index is 0.0291. The van der Waals surface area contributed by atoms with Gasteiger partial charge in [-0.2, -0.15) is 4.31 Å². The molecule has 0 N–H and O–H groups in total. The minimum Gasteiger partial charge on any atom is -0.281 e. The van der Waals surface area contributed by atoms with Crippen LogP contribution in [0.5, 0.6) is 0 Å². The van der Waals surface area contributed by atoms with Crippen molar-refractivity contribution in [3.8, 4) is 5.69 Å². The lowest BCUT2D eigenvalue weighted by molar-refractivity contribution is 0.307. The second kappa shape index (κ2) is 7.27. The summed E-state index contributed by atoms with van der Waals surface area (Å²) in [5.41, 5.74) is 2.14. The summed E-state index contributed by atoms with van der Waals surface area (Å²) in [6, 6.07) is 15.3. The molecule has 5 rings (SSSR count). The molecule has 150 valence electrons. The number of benzene rings is 2. The van der Waals surface area contributed by atoms with Gasteiger partial charge in [-0.05, 0) is 44.0 Å². The second-order valence-electron chi connectivity index (χ2n) is 7.58. The third-order valence-corrected chi connectivity index (χ3v) is 8.56. The lowest BCUT2D eigenvalue weighted by Crippen LogP contribution is -2.39. The molecular weight excluding hydrogens is 404 g/mol. The Balaban J connectivity index is 1.47. The highest BCUT2D eigenvalue weighted by atomic mass is 32.2. The minimum atomic E-state index is -3.51. The van der Waals surface area contributed by atoms with Gasteiger partial charge in [-0.25, -0.2) is 8.42 Å². The molecule has 2 aliphatic rings. The van der Waals surface area contributed by atoms with E-state index in [1.54, 1.807) is 28.2 Å². The van der Waals surface area contributed by atoms with E-state index in [9.17, 15) is 8.42 Å². The van der Waals surface area contributed by atoms with Crippen LogP contribution >= 0.6 is 11.8 Å². The number of rotatable bonds is 3. The van der Waals surface area contributed by atoms with Crippen LogP contribution in [0.3, 0.4) is 0 Å². The van der Waals surface area contributed by atoms with Crippen LogP contribution in [0.4, 0.5) is 0 Å². The highest BCUT2D eigenvalue weighted by molar-refractivity contribution is 7.98. The fourth-order valence-electron chi connectivity index (χ4n) is 4.09. The summed E-state index contributed by atoms with van der Waals surface area (Å²) in [5, 5.41) is 8.91. The molecule has 0 aliphatic carbocycles. The third-order valence-electron chi connectivity index (χ3n) is 5.63. The summed E-state index contributed by atoms with van der Waals surface area (Å²) < 4.78 is 30.1. The first-order valence-electron chi connectivity index (χ1n) is 9.77. The summed E-state index contributed by atoms with van der Waals surface area (Å²) in [7, 11) is -3.51. The Morgan fingerprint density at radius 3 is 2.69 bits per heavy atom. The van der Waals surface area contributed by atoms with E-state index in [1.807, 2.05) is 31.2 Å². The maximum atomic E-state index is 13.2. The number of hydrogen-bond donors (Lipinski definition) is 0. The van der Waals surface area contributed by atoms with E-state index in [0.717, 1.165) is 41.5 Å². The van der Waals surface area contributed by atoms with E-state index in [4.69, 9.17) is 0 Å². The van der Waals surface area contributed by atoms with Crippen LogP contribution in [-0.2, 0) is 15.8 Å². The Hall–Kier alpha value is -2.16. The van der Waals surface area contributed by atoms with Gasteiger partial charge in [-0.3, -0.25) is 4.57 Å². The number of fused-ring (bicyclic) bond motifs is 3. The molecule has 0 amide bonds. The Kier molecular flexibility index (Phi) is 4.72. The smallest absolute Gasteiger partial charge is 0.243 e. The molecule has 0 unspecified atom stereocenters. The number of piperidine rings is 1. The van der Waals surface area contributed by atoms with Crippen LogP contribution in [0, 0.1) is 6.92 Å². The van der Waals surface area contributed by atoms with Crippen LogP contribution in [0.2, 0.25) is 0 Å². The molecule has 3 heterocycles. The third kappa shape index (κ3) is 3.29. The van der Waals surface area contributed by atoms with Crippen molar-refractivity contribution in [1.29, 1.82) is 0 Å². The first-order valence-corrected chi connectivity index (χ1v) is 12.2. The monoisotopic (exact) mass is 426 g/mol. The van der Waals surface area contributed by atoms with E-state index in [-0.39, 0.29) is 5.92 Å². The number of nitrogens with zero attached hydrogens (tertiary/aromatic N) is 4. The van der Waals surface area contributed by atoms with Crippen LogP contribution in [0.15, 0.2) is 58.3 Å². The van der Waals surface area contributed by atoms with Gasteiger partial charge in [0.05, 0.1) is 16.3 Å². The molecule has 1 saturated heterocycles. The lowest BCUT2D eigenvalue weighted by Gasteiger charge is -2.32. The van der Waals surface area contributed by atoms with Crippen molar-refractivity contribution >= 4 is 21.8 Å². The second-order valence-corrected chi connectivity index (χ2v) is 10.5. The number of sulfonamides is 1. The SMILES string of the molecule is Cc1ccc(S(=O)(=O)N2CCC[C@@H](c3nnc4n3-c3ccccc3SC4)C2)cc1. The number of aromatic nitrogens is 3. The average molecular weight is 427 g/mol. The Morgan fingerprint density at radius 2 is 1.86 bits per heavy atom. The summed E-state index contributed by atoms with van der Waals surface area (Å²) in [6.07, 6.45) is 1.72. The number of hydrogen-bond acceptors (Lipinski definition) is 5. The van der Waals surface area contributed by atoms with Gasteiger partial charge in [0.25, 0.3) is 0 Å². The lowest BCUT2D eigenvalue weighted by atomic mass is 9.98. The number of thioether (sulfide) groups is 1. The topological polar surface area (TPSA) is 68.1 Å². The van der Waals surface area contributed by atoms with Crippen LogP contribution < -0.4 is 0 Å². The molecule has 2 aromatic carbocycles. The quantitative estimate of drug-likeness (QED) is 0.638. The number of para-hydroxylation sites is 1. The van der Waals surface area contributed by atoms with Crippen molar-refractivity contribution < 1.29 is 8.42 Å². The molecule has 29 heavy (non-hydrogen) atoms. The highest BCUT2D eigenvalue weighted by Crippen LogP contribution is 2.38. The molecule has 1 aromatic heterocycles. The normalized spacial score (nSPS) is 19.6. The van der Waals surface area contributed by atoms with Crippen molar-refractivity contribution in [3.63, 3.8) is 0 Å². The predicted molar refractivity (Wildman–Crippen MR) is 113 cm³/mol. The zero-order valence-electron chi connectivity index (χ0n) is 16.2. The van der Waals surface area contributed by atoms with Gasteiger partial charge in [0, 0.05) is 23.9 Å². The van der Waals surface area contributed by atoms with E-state index in [0.29, 0.717) is 18.0 Å². The molecule has 0 radical (unpaired) electrons. The maximum absolute atomic E-state index is 13.2. The zero-order chi connectivity index (χ0) is 20.0. The largest absolute Gasteiger partial charge is 0.281 e. The van der Waals surface area contributed by atoms with Gasteiger partial charge in [0.1, 0.15) is 11.6 Å². The molecule has 6 nitrogen and oxygen atoms in total. The summed E-state index contributed by atoms with van der Waals surface area (Å²) in [6.45, 7) is 2.93. The maximum Gasteiger partial charge on any atom is 0.243 e. The van der Waals surface area contributed by atoms with E-state index in [1.165, 1.54) is 4.90 Å². The summed E-state index contributed by atoms with van der Waals surface area (Å²) >= 11 is 1.76. The van der Waals surface area contributed by atoms with Crippen molar-refractivity contribution in [2.75, 3.05) is 13.1 Å². The first-order chi connectivity index (χ1) is 14.0. The summed E-state index contributed by atoms with van der Waals surface area (Å²) in [5.74, 6) is 2.61. The van der Waals surface area contributed by atoms with Gasteiger partial charge >= 0.3 is 0 Å². The van der Waals surface area contributed by atoms with Crippen molar-refractivity contribution in [1.82, 2.24) is 19.1 Å². The van der Waals surface area contributed by atoms with E-state index in [2.05, 4.69) is 26.9 Å². The van der Waals surface area contributed by atoms with Crippen molar-refractivity contribution in [3.05, 3.63) is 65.7 Å². The highest BCUT2D eigenvalue weighted by Gasteiger charge is 2.34. The Bertz CT molecular complexity index is 1160. The average Bonchev–Trinajstić information content (AvgIpc) is 3.19. The first kappa shape index (κ1) is 18.8. The van der Waals surface area contributed by atoms with E-state index < -0.39 is 10.0 Å². The molecule has 1 atom stereocenters. The van der Waals surface area contributed by atoms with E-state index >= 15 is 0 Å². The molecule has 0 bridgehead atoms. The van der Waals surface area contributed by atoms with Crippen LogP contribution in [-0.4, -0.2) is 40.6 Å². The number of aryl methyl sites for hydroxylation is 1. The molecule has 3 aromatic rings. The standard InChI is InChI=1S/C21H22N4O2S2/c1-15-8-10-17(11-9-15)29(26,27)24-12-4-5-16(13-24)21-23-22-20-14-28-19-7-3-2-6-18(19)25(20)21/h2-3,6-11,16H,4-5,12-14H2,1H3/t16-/m1/s1. The van der Waals surface area contributed by atoms with Crippen molar-refractivity contribution in [2.45, 2.75) is 41.2 Å². The van der Waals surface area contributed by atoms with Crippen LogP contribution in [0.1, 0.15) is 36.0 Å². The van der Waals surface area contributed by atoms with Crippen molar-refractivity contribution in [2.24, 2.45) is 0 Å².